The van der Waals surface area contributed by atoms with Gasteiger partial charge < -0.3 is 5.32 Å². The molecule has 5 heteroatoms. The van der Waals surface area contributed by atoms with Crippen LogP contribution in [-0.2, 0) is 4.79 Å². The lowest BCUT2D eigenvalue weighted by atomic mass is 9.85. The molecule has 2 aromatic rings. The molecule has 1 atom stereocenters. The van der Waals surface area contributed by atoms with E-state index in [4.69, 9.17) is 0 Å². The van der Waals surface area contributed by atoms with Crippen molar-refractivity contribution in [2.45, 2.75) is 45.1 Å². The van der Waals surface area contributed by atoms with Gasteiger partial charge >= 0.3 is 0 Å². The van der Waals surface area contributed by atoms with Gasteiger partial charge in [0.2, 0.25) is 5.91 Å². The molecule has 0 bridgehead atoms. The lowest BCUT2D eigenvalue weighted by Crippen LogP contribution is -2.26. The summed E-state index contributed by atoms with van der Waals surface area (Å²) in [6.07, 6.45) is 4.10. The van der Waals surface area contributed by atoms with E-state index >= 15 is 0 Å². The number of rotatable bonds is 4. The smallest absolute Gasteiger partial charge is 0.226 e. The van der Waals surface area contributed by atoms with Crippen LogP contribution in [0.2, 0.25) is 0 Å². The van der Waals surface area contributed by atoms with Crippen molar-refractivity contribution in [3.63, 3.8) is 0 Å². The van der Waals surface area contributed by atoms with E-state index in [1.54, 1.807) is 6.07 Å². The van der Waals surface area contributed by atoms with Crippen molar-refractivity contribution in [3.05, 3.63) is 47.2 Å². The first kappa shape index (κ1) is 15.3. The second-order valence-corrected chi connectivity index (χ2v) is 5.87. The Balaban J connectivity index is 2.10. The molecule has 2 heterocycles. The van der Waals surface area contributed by atoms with Gasteiger partial charge in [-0.1, -0.05) is 32.0 Å². The number of hydrogen-bond donors (Lipinski definition) is 1. The molecule has 1 aromatic heterocycles. The molecule has 1 unspecified atom stereocenters. The zero-order valence-electron chi connectivity index (χ0n) is 13.4. The summed E-state index contributed by atoms with van der Waals surface area (Å²) >= 11 is 0. The quantitative estimate of drug-likeness (QED) is 0.938. The maximum absolute atomic E-state index is 12.2. The van der Waals surface area contributed by atoms with E-state index in [2.05, 4.69) is 30.3 Å². The van der Waals surface area contributed by atoms with Crippen LogP contribution in [0.25, 0.3) is 0 Å². The fraction of sp³-hybridized carbons (Fsp3) is 0.389. The Morgan fingerprint density at radius 3 is 2.78 bits per heavy atom. The van der Waals surface area contributed by atoms with Crippen molar-refractivity contribution in [2.24, 2.45) is 0 Å². The van der Waals surface area contributed by atoms with Crippen LogP contribution in [0.3, 0.4) is 0 Å². The van der Waals surface area contributed by atoms with Crippen molar-refractivity contribution in [1.82, 2.24) is 9.78 Å². The SMILES string of the molecule is CCC(CC)n1ncc2c1NC(=O)CC2c1ccccc1C#N. The van der Waals surface area contributed by atoms with E-state index in [9.17, 15) is 10.1 Å². The highest BCUT2D eigenvalue weighted by Gasteiger charge is 2.32. The van der Waals surface area contributed by atoms with Crippen molar-refractivity contribution < 1.29 is 4.79 Å². The monoisotopic (exact) mass is 308 g/mol. The molecule has 0 spiro atoms. The third kappa shape index (κ3) is 2.61. The Labute approximate surface area is 135 Å². The van der Waals surface area contributed by atoms with Crippen LogP contribution < -0.4 is 5.32 Å². The molecule has 1 N–H and O–H groups in total. The minimum Gasteiger partial charge on any atom is -0.311 e. The van der Waals surface area contributed by atoms with Gasteiger partial charge in [0.1, 0.15) is 5.82 Å². The highest BCUT2D eigenvalue weighted by atomic mass is 16.1. The van der Waals surface area contributed by atoms with Crippen LogP contribution in [-0.4, -0.2) is 15.7 Å². The Morgan fingerprint density at radius 2 is 2.09 bits per heavy atom. The standard InChI is InChI=1S/C18H20N4O/c1-3-13(4-2)22-18-16(11-20-22)15(9-17(23)21-18)14-8-6-5-7-12(14)10-19/h5-8,11,13,15H,3-4,9H2,1-2H3,(H,21,23). The van der Waals surface area contributed by atoms with Crippen LogP contribution in [0.15, 0.2) is 30.5 Å². The molecule has 0 radical (unpaired) electrons. The number of nitrogens with zero attached hydrogens (tertiary/aromatic N) is 3. The third-order valence-corrected chi connectivity index (χ3v) is 4.59. The fourth-order valence-corrected chi connectivity index (χ4v) is 3.33. The van der Waals surface area contributed by atoms with Gasteiger partial charge in [-0.3, -0.25) is 4.79 Å². The number of amides is 1. The minimum absolute atomic E-state index is 0.0250. The second-order valence-electron chi connectivity index (χ2n) is 5.87. The third-order valence-electron chi connectivity index (χ3n) is 4.59. The molecule has 1 aliphatic rings. The van der Waals surface area contributed by atoms with Crippen molar-refractivity contribution in [2.75, 3.05) is 5.32 Å². The number of hydrogen-bond acceptors (Lipinski definition) is 3. The van der Waals surface area contributed by atoms with Crippen LogP contribution in [0, 0.1) is 11.3 Å². The molecule has 0 saturated heterocycles. The highest BCUT2D eigenvalue weighted by molar-refractivity contribution is 5.94. The molecule has 0 saturated carbocycles. The van der Waals surface area contributed by atoms with Gasteiger partial charge in [0.15, 0.2) is 0 Å². The van der Waals surface area contributed by atoms with Gasteiger partial charge in [-0.15, -0.1) is 0 Å². The molecular formula is C18H20N4O. The van der Waals surface area contributed by atoms with Crippen LogP contribution in [0.1, 0.15) is 61.8 Å². The Hall–Kier alpha value is -2.61. The Kier molecular flexibility index (Phi) is 4.16. The number of aromatic nitrogens is 2. The zero-order valence-corrected chi connectivity index (χ0v) is 13.4. The van der Waals surface area contributed by atoms with Crippen molar-refractivity contribution in [3.8, 4) is 6.07 Å². The van der Waals surface area contributed by atoms with E-state index in [0.717, 1.165) is 29.8 Å². The van der Waals surface area contributed by atoms with Crippen molar-refractivity contribution in [1.29, 1.82) is 5.26 Å². The molecule has 3 rings (SSSR count). The normalized spacial score (nSPS) is 16.8. The number of carbonyl (C=O) groups excluding carboxylic acids is 1. The topological polar surface area (TPSA) is 70.7 Å². The fourth-order valence-electron chi connectivity index (χ4n) is 3.33. The van der Waals surface area contributed by atoms with Gasteiger partial charge in [-0.25, -0.2) is 4.68 Å². The molecule has 1 aliphatic heterocycles. The van der Waals surface area contributed by atoms with Crippen molar-refractivity contribution >= 4 is 11.7 Å². The summed E-state index contributed by atoms with van der Waals surface area (Å²) < 4.78 is 1.92. The minimum atomic E-state index is -0.113. The molecule has 1 amide bonds. The summed E-state index contributed by atoms with van der Waals surface area (Å²) in [6, 6.07) is 9.99. The number of nitrogens with one attached hydrogen (secondary N) is 1. The number of benzene rings is 1. The molecule has 0 fully saturated rings. The summed E-state index contributed by atoms with van der Waals surface area (Å²) in [5.41, 5.74) is 2.52. The first-order valence-electron chi connectivity index (χ1n) is 8.05. The molecule has 5 nitrogen and oxygen atoms in total. The predicted octanol–water partition coefficient (Wildman–Crippen LogP) is 3.59. The molecule has 1 aromatic carbocycles. The summed E-state index contributed by atoms with van der Waals surface area (Å²) in [7, 11) is 0. The first-order valence-corrected chi connectivity index (χ1v) is 8.05. The summed E-state index contributed by atoms with van der Waals surface area (Å²) in [6.45, 7) is 4.24. The van der Waals surface area contributed by atoms with Gasteiger partial charge in [0.25, 0.3) is 0 Å². The maximum atomic E-state index is 12.2. The Morgan fingerprint density at radius 1 is 1.35 bits per heavy atom. The van der Waals surface area contributed by atoms with Crippen LogP contribution in [0.4, 0.5) is 5.82 Å². The number of anilines is 1. The van der Waals surface area contributed by atoms with Gasteiger partial charge in [0.05, 0.1) is 23.9 Å². The lowest BCUT2D eigenvalue weighted by Gasteiger charge is -2.26. The van der Waals surface area contributed by atoms with Crippen LogP contribution >= 0.6 is 0 Å². The highest BCUT2D eigenvalue weighted by Crippen LogP contribution is 2.39. The summed E-state index contributed by atoms with van der Waals surface area (Å²) in [5.74, 6) is 0.647. The summed E-state index contributed by atoms with van der Waals surface area (Å²) in [4.78, 5) is 12.2. The maximum Gasteiger partial charge on any atom is 0.226 e. The average molecular weight is 308 g/mol. The van der Waals surface area contributed by atoms with Gasteiger partial charge in [-0.2, -0.15) is 10.4 Å². The molecule has 118 valence electrons. The summed E-state index contributed by atoms with van der Waals surface area (Å²) in [5, 5.41) is 16.9. The van der Waals surface area contributed by atoms with Gasteiger partial charge in [-0.05, 0) is 24.5 Å². The van der Waals surface area contributed by atoms with Gasteiger partial charge in [0, 0.05) is 17.9 Å². The predicted molar refractivity (Wildman–Crippen MR) is 88.1 cm³/mol. The molecule has 0 aliphatic carbocycles. The van der Waals surface area contributed by atoms with E-state index in [0.29, 0.717) is 12.0 Å². The largest absolute Gasteiger partial charge is 0.311 e. The number of nitriles is 1. The molecule has 23 heavy (non-hydrogen) atoms. The first-order chi connectivity index (χ1) is 11.2. The average Bonchev–Trinajstić information content (AvgIpc) is 2.99. The van der Waals surface area contributed by atoms with E-state index in [-0.39, 0.29) is 17.9 Å². The van der Waals surface area contributed by atoms with Crippen LogP contribution in [0.5, 0.6) is 0 Å². The second kappa shape index (κ2) is 6.25. The van der Waals surface area contributed by atoms with E-state index < -0.39 is 0 Å². The Bertz CT molecular complexity index is 768. The zero-order chi connectivity index (χ0) is 16.4. The lowest BCUT2D eigenvalue weighted by molar-refractivity contribution is -0.116. The number of carbonyl (C=O) groups is 1. The molecular weight excluding hydrogens is 288 g/mol. The van der Waals surface area contributed by atoms with E-state index in [1.165, 1.54) is 0 Å². The number of fused-ring (bicyclic) bond motifs is 1. The van der Waals surface area contributed by atoms with E-state index in [1.807, 2.05) is 29.1 Å².